The van der Waals surface area contributed by atoms with Crippen LogP contribution in [-0.4, -0.2) is 35.0 Å². The van der Waals surface area contributed by atoms with Crippen molar-refractivity contribution >= 4 is 22.6 Å². The van der Waals surface area contributed by atoms with Gasteiger partial charge in [-0.2, -0.15) is 0 Å². The predicted molar refractivity (Wildman–Crippen MR) is 109 cm³/mol. The molecule has 1 fully saturated rings. The second-order valence-electron chi connectivity index (χ2n) is 8.01. The molecule has 0 spiro atoms. The highest BCUT2D eigenvalue weighted by atomic mass is 35.5. The Morgan fingerprint density at radius 2 is 1.88 bits per heavy atom. The van der Waals surface area contributed by atoms with Gasteiger partial charge in [0.1, 0.15) is 6.79 Å². The Bertz CT molecular complexity index is 596. The standard InChI is InChI=1S/C20H32ClNO3S/c1-6-17(25-14-24-5)18(22-26(23)19(2,3)4)20(12-7-13-20)15-8-10-16(21)11-9-15/h8-11,17-18,22H,6-7,12-14H2,1-5H3. The van der Waals surface area contributed by atoms with E-state index in [1.165, 1.54) is 5.56 Å². The summed E-state index contributed by atoms with van der Waals surface area (Å²) in [6.45, 7) is 8.29. The molecule has 0 aromatic heterocycles. The molecule has 0 heterocycles. The lowest BCUT2D eigenvalue weighted by atomic mass is 9.59. The van der Waals surface area contributed by atoms with Crippen LogP contribution in [0.5, 0.6) is 0 Å². The number of hydrogen-bond acceptors (Lipinski definition) is 3. The Hall–Kier alpha value is -0.460. The van der Waals surface area contributed by atoms with E-state index in [1.807, 2.05) is 32.9 Å². The van der Waals surface area contributed by atoms with Crippen molar-refractivity contribution in [2.45, 2.75) is 75.7 Å². The first kappa shape index (κ1) is 21.8. The van der Waals surface area contributed by atoms with Crippen LogP contribution in [-0.2, 0) is 25.9 Å². The zero-order chi connectivity index (χ0) is 19.4. The Labute approximate surface area is 165 Å². The smallest absolute Gasteiger partial charge is 0.146 e. The molecule has 1 aliphatic carbocycles. The SMILES string of the molecule is CCC(OCOC)C(NS(=O)C(C)(C)C)C1(c2ccc(Cl)cc2)CCC1. The zero-order valence-electron chi connectivity index (χ0n) is 16.5. The number of halogens is 1. The summed E-state index contributed by atoms with van der Waals surface area (Å²) in [4.78, 5) is 0. The van der Waals surface area contributed by atoms with Crippen molar-refractivity contribution in [2.24, 2.45) is 0 Å². The molecule has 2 rings (SSSR count). The largest absolute Gasteiger partial charge is 0.359 e. The van der Waals surface area contributed by atoms with E-state index < -0.39 is 11.0 Å². The van der Waals surface area contributed by atoms with Crippen molar-refractivity contribution in [3.8, 4) is 0 Å². The molecule has 148 valence electrons. The van der Waals surface area contributed by atoms with Crippen LogP contribution in [0.1, 0.15) is 58.9 Å². The third kappa shape index (κ3) is 4.87. The summed E-state index contributed by atoms with van der Waals surface area (Å²) in [7, 11) is 0.441. The fourth-order valence-corrected chi connectivity index (χ4v) is 4.65. The highest BCUT2D eigenvalue weighted by molar-refractivity contribution is 7.84. The summed E-state index contributed by atoms with van der Waals surface area (Å²) in [5.41, 5.74) is 1.14. The van der Waals surface area contributed by atoms with E-state index in [0.29, 0.717) is 0 Å². The second kappa shape index (κ2) is 9.16. The van der Waals surface area contributed by atoms with Crippen LogP contribution in [0, 0.1) is 0 Å². The van der Waals surface area contributed by atoms with E-state index >= 15 is 0 Å². The maximum absolute atomic E-state index is 12.9. The molecule has 1 N–H and O–H groups in total. The van der Waals surface area contributed by atoms with E-state index in [0.717, 1.165) is 30.7 Å². The molecule has 0 bridgehead atoms. The normalized spacial score (nSPS) is 20.2. The van der Waals surface area contributed by atoms with Gasteiger partial charge < -0.3 is 9.47 Å². The minimum Gasteiger partial charge on any atom is -0.359 e. The van der Waals surface area contributed by atoms with Gasteiger partial charge in [-0.05, 0) is 57.7 Å². The van der Waals surface area contributed by atoms with Gasteiger partial charge in [-0.25, -0.2) is 8.93 Å². The molecule has 6 heteroatoms. The lowest BCUT2D eigenvalue weighted by molar-refractivity contribution is -0.0962. The summed E-state index contributed by atoms with van der Waals surface area (Å²) in [5, 5.41) is 0.730. The molecule has 4 nitrogen and oxygen atoms in total. The molecule has 1 aromatic carbocycles. The monoisotopic (exact) mass is 401 g/mol. The fourth-order valence-electron chi connectivity index (χ4n) is 3.56. The van der Waals surface area contributed by atoms with Gasteiger partial charge in [-0.1, -0.05) is 37.1 Å². The minimum atomic E-state index is -1.18. The number of nitrogens with one attached hydrogen (secondary N) is 1. The summed E-state index contributed by atoms with van der Waals surface area (Å²) in [6, 6.07) is 8.01. The first-order valence-electron chi connectivity index (χ1n) is 9.29. The summed E-state index contributed by atoms with van der Waals surface area (Å²) < 4.78 is 27.2. The van der Waals surface area contributed by atoms with Crippen molar-refractivity contribution in [1.29, 1.82) is 0 Å². The lowest BCUT2D eigenvalue weighted by Crippen LogP contribution is -2.60. The van der Waals surface area contributed by atoms with Crippen LogP contribution in [0.15, 0.2) is 24.3 Å². The number of rotatable bonds is 9. The van der Waals surface area contributed by atoms with Crippen molar-refractivity contribution < 1.29 is 13.7 Å². The van der Waals surface area contributed by atoms with Crippen molar-refractivity contribution in [3.63, 3.8) is 0 Å². The molecule has 0 amide bonds. The van der Waals surface area contributed by atoms with Crippen molar-refractivity contribution in [1.82, 2.24) is 4.72 Å². The molecular formula is C20H32ClNO3S. The van der Waals surface area contributed by atoms with Gasteiger partial charge in [0.05, 0.1) is 27.9 Å². The number of benzene rings is 1. The van der Waals surface area contributed by atoms with E-state index in [2.05, 4.69) is 23.8 Å². The first-order valence-corrected chi connectivity index (χ1v) is 10.8. The summed E-state index contributed by atoms with van der Waals surface area (Å²) in [5.74, 6) is 0. The number of hydrogen-bond donors (Lipinski definition) is 1. The van der Waals surface area contributed by atoms with E-state index in [1.54, 1.807) is 7.11 Å². The van der Waals surface area contributed by atoms with Crippen LogP contribution >= 0.6 is 11.6 Å². The van der Waals surface area contributed by atoms with Gasteiger partial charge in [0.2, 0.25) is 0 Å². The Kier molecular flexibility index (Phi) is 7.69. The van der Waals surface area contributed by atoms with Crippen LogP contribution in [0.3, 0.4) is 0 Å². The van der Waals surface area contributed by atoms with Crippen LogP contribution < -0.4 is 4.72 Å². The number of ether oxygens (including phenoxy) is 2. The van der Waals surface area contributed by atoms with Gasteiger partial charge in [-0.15, -0.1) is 0 Å². The Morgan fingerprint density at radius 1 is 1.27 bits per heavy atom. The molecule has 26 heavy (non-hydrogen) atoms. The highest BCUT2D eigenvalue weighted by Gasteiger charge is 2.49. The maximum Gasteiger partial charge on any atom is 0.146 e. The second-order valence-corrected chi connectivity index (χ2v) is 10.4. The zero-order valence-corrected chi connectivity index (χ0v) is 18.1. The molecule has 1 saturated carbocycles. The van der Waals surface area contributed by atoms with Crippen LogP contribution in [0.25, 0.3) is 0 Å². The maximum atomic E-state index is 12.9. The van der Waals surface area contributed by atoms with Gasteiger partial charge in [0.25, 0.3) is 0 Å². The number of methoxy groups -OCH3 is 1. The lowest BCUT2D eigenvalue weighted by Gasteiger charge is -2.51. The minimum absolute atomic E-state index is 0.0577. The van der Waals surface area contributed by atoms with Gasteiger partial charge >= 0.3 is 0 Å². The van der Waals surface area contributed by atoms with E-state index in [4.69, 9.17) is 21.1 Å². The van der Waals surface area contributed by atoms with Gasteiger partial charge in [-0.3, -0.25) is 0 Å². The Morgan fingerprint density at radius 3 is 2.31 bits per heavy atom. The fraction of sp³-hybridized carbons (Fsp3) is 0.700. The van der Waals surface area contributed by atoms with E-state index in [9.17, 15) is 4.21 Å². The predicted octanol–water partition coefficient (Wildman–Crippen LogP) is 4.58. The van der Waals surface area contributed by atoms with Crippen molar-refractivity contribution in [2.75, 3.05) is 13.9 Å². The molecule has 3 unspecified atom stereocenters. The average Bonchev–Trinajstić information content (AvgIpc) is 2.55. The third-order valence-corrected chi connectivity index (χ3v) is 7.06. The molecule has 0 saturated heterocycles. The molecule has 3 atom stereocenters. The van der Waals surface area contributed by atoms with Gasteiger partial charge in [0, 0.05) is 17.5 Å². The highest BCUT2D eigenvalue weighted by Crippen LogP contribution is 2.48. The molecule has 1 aromatic rings. The first-order chi connectivity index (χ1) is 12.2. The van der Waals surface area contributed by atoms with Gasteiger partial charge in [0.15, 0.2) is 0 Å². The summed E-state index contributed by atoms with van der Waals surface area (Å²) in [6.07, 6.45) is 3.97. The quantitative estimate of drug-likeness (QED) is 0.616. The van der Waals surface area contributed by atoms with Crippen molar-refractivity contribution in [3.05, 3.63) is 34.9 Å². The Balaban J connectivity index is 2.39. The molecule has 0 aliphatic heterocycles. The summed E-state index contributed by atoms with van der Waals surface area (Å²) >= 11 is 6.10. The van der Waals surface area contributed by atoms with E-state index in [-0.39, 0.29) is 29.1 Å². The molecular weight excluding hydrogens is 370 g/mol. The average molecular weight is 402 g/mol. The molecule has 1 aliphatic rings. The van der Waals surface area contributed by atoms with Crippen LogP contribution in [0.4, 0.5) is 0 Å². The van der Waals surface area contributed by atoms with Crippen LogP contribution in [0.2, 0.25) is 5.02 Å². The molecule has 0 radical (unpaired) electrons. The topological polar surface area (TPSA) is 47.6 Å². The third-order valence-electron chi connectivity index (χ3n) is 5.22.